The van der Waals surface area contributed by atoms with Crippen LogP contribution in [0.25, 0.3) is 11.1 Å². The predicted molar refractivity (Wildman–Crippen MR) is 75.3 cm³/mol. The summed E-state index contributed by atoms with van der Waals surface area (Å²) in [6.07, 6.45) is 2.18. The number of nitriles is 1. The number of primary amides is 1. The topological polar surface area (TPSA) is 70.1 Å². The standard InChI is InChI=1S/C16H13N3O/c17-10-19-8-13-5-2-6-14(15(13)9-19)11-3-1-4-12(7-11)16(18)20/h1-7H,8-9H2,(H2,18,20). The fourth-order valence-corrected chi connectivity index (χ4v) is 2.60. The highest BCUT2D eigenvalue weighted by atomic mass is 16.1. The average Bonchev–Trinajstić information content (AvgIpc) is 2.90. The minimum atomic E-state index is -0.432. The summed E-state index contributed by atoms with van der Waals surface area (Å²) in [5, 5.41) is 9.03. The third-order valence-corrected chi connectivity index (χ3v) is 3.58. The van der Waals surface area contributed by atoms with Crippen molar-refractivity contribution < 1.29 is 4.79 Å². The first-order valence-corrected chi connectivity index (χ1v) is 6.34. The van der Waals surface area contributed by atoms with E-state index in [-0.39, 0.29) is 0 Å². The van der Waals surface area contributed by atoms with Gasteiger partial charge in [0.25, 0.3) is 0 Å². The molecule has 1 heterocycles. The highest BCUT2D eigenvalue weighted by Crippen LogP contribution is 2.32. The van der Waals surface area contributed by atoms with E-state index in [1.165, 1.54) is 0 Å². The summed E-state index contributed by atoms with van der Waals surface area (Å²) in [4.78, 5) is 13.0. The number of nitrogens with zero attached hydrogens (tertiary/aromatic N) is 2. The first-order valence-electron chi connectivity index (χ1n) is 6.34. The smallest absolute Gasteiger partial charge is 0.248 e. The first kappa shape index (κ1) is 12.2. The SMILES string of the molecule is N#CN1Cc2cccc(-c3cccc(C(N)=O)c3)c2C1. The molecule has 98 valence electrons. The summed E-state index contributed by atoms with van der Waals surface area (Å²) in [5.41, 5.74) is 10.1. The van der Waals surface area contributed by atoms with E-state index in [0.717, 1.165) is 22.3 Å². The highest BCUT2D eigenvalue weighted by Gasteiger charge is 2.21. The molecule has 1 aliphatic rings. The van der Waals surface area contributed by atoms with E-state index >= 15 is 0 Å². The van der Waals surface area contributed by atoms with Crippen molar-refractivity contribution in [1.29, 1.82) is 5.26 Å². The number of amides is 1. The van der Waals surface area contributed by atoms with Gasteiger partial charge in [-0.25, -0.2) is 0 Å². The third-order valence-electron chi connectivity index (χ3n) is 3.58. The Bertz CT molecular complexity index is 731. The van der Waals surface area contributed by atoms with Crippen molar-refractivity contribution in [1.82, 2.24) is 4.90 Å². The molecular weight excluding hydrogens is 250 g/mol. The third kappa shape index (κ3) is 1.99. The number of nitrogens with two attached hydrogens (primary N) is 1. The quantitative estimate of drug-likeness (QED) is 0.845. The van der Waals surface area contributed by atoms with Crippen LogP contribution in [0.2, 0.25) is 0 Å². The van der Waals surface area contributed by atoms with Gasteiger partial charge in [0.1, 0.15) is 0 Å². The second-order valence-electron chi connectivity index (χ2n) is 4.84. The molecule has 0 radical (unpaired) electrons. The molecule has 20 heavy (non-hydrogen) atoms. The fourth-order valence-electron chi connectivity index (χ4n) is 2.60. The molecular formula is C16H13N3O. The van der Waals surface area contributed by atoms with E-state index in [4.69, 9.17) is 11.0 Å². The number of benzene rings is 2. The molecule has 2 aromatic carbocycles. The Hall–Kier alpha value is -2.80. The summed E-state index contributed by atoms with van der Waals surface area (Å²) in [5.74, 6) is -0.432. The average molecular weight is 263 g/mol. The van der Waals surface area contributed by atoms with Crippen LogP contribution in [0.3, 0.4) is 0 Å². The summed E-state index contributed by atoms with van der Waals surface area (Å²) >= 11 is 0. The van der Waals surface area contributed by atoms with Crippen LogP contribution in [0.1, 0.15) is 21.5 Å². The van der Waals surface area contributed by atoms with Crippen molar-refractivity contribution in [3.8, 4) is 17.3 Å². The molecule has 4 heteroatoms. The number of hydrogen-bond acceptors (Lipinski definition) is 3. The zero-order valence-electron chi connectivity index (χ0n) is 10.8. The molecule has 1 amide bonds. The molecule has 0 spiro atoms. The van der Waals surface area contributed by atoms with Crippen molar-refractivity contribution in [3.05, 3.63) is 59.2 Å². The van der Waals surface area contributed by atoms with Crippen LogP contribution in [0.4, 0.5) is 0 Å². The van der Waals surface area contributed by atoms with Gasteiger partial charge in [0.05, 0.1) is 13.1 Å². The fraction of sp³-hybridized carbons (Fsp3) is 0.125. The van der Waals surface area contributed by atoms with Gasteiger partial charge >= 0.3 is 0 Å². The maximum absolute atomic E-state index is 11.3. The van der Waals surface area contributed by atoms with Crippen molar-refractivity contribution in [2.75, 3.05) is 0 Å². The highest BCUT2D eigenvalue weighted by molar-refractivity contribution is 5.94. The van der Waals surface area contributed by atoms with Gasteiger partial charge in [-0.15, -0.1) is 0 Å². The second kappa shape index (κ2) is 4.71. The van der Waals surface area contributed by atoms with Crippen molar-refractivity contribution in [3.63, 3.8) is 0 Å². The lowest BCUT2D eigenvalue weighted by molar-refractivity contribution is 0.100. The van der Waals surface area contributed by atoms with E-state index in [1.54, 1.807) is 17.0 Å². The monoisotopic (exact) mass is 263 g/mol. The van der Waals surface area contributed by atoms with Gasteiger partial charge in [0, 0.05) is 5.56 Å². The molecule has 0 unspecified atom stereocenters. The van der Waals surface area contributed by atoms with Gasteiger partial charge in [-0.2, -0.15) is 5.26 Å². The molecule has 0 atom stereocenters. The molecule has 4 nitrogen and oxygen atoms in total. The van der Waals surface area contributed by atoms with Crippen LogP contribution in [-0.4, -0.2) is 10.8 Å². The number of fused-ring (bicyclic) bond motifs is 1. The maximum atomic E-state index is 11.3. The summed E-state index contributed by atoms with van der Waals surface area (Å²) in [7, 11) is 0. The maximum Gasteiger partial charge on any atom is 0.248 e. The van der Waals surface area contributed by atoms with Crippen LogP contribution in [0, 0.1) is 11.5 Å². The Morgan fingerprint density at radius 3 is 2.75 bits per heavy atom. The van der Waals surface area contributed by atoms with Gasteiger partial charge in [0.15, 0.2) is 6.19 Å². The van der Waals surface area contributed by atoms with Crippen molar-refractivity contribution in [2.24, 2.45) is 5.73 Å². The number of rotatable bonds is 2. The zero-order valence-corrected chi connectivity index (χ0v) is 10.8. The van der Waals surface area contributed by atoms with E-state index < -0.39 is 5.91 Å². The van der Waals surface area contributed by atoms with Crippen LogP contribution in [0.15, 0.2) is 42.5 Å². The summed E-state index contributed by atoms with van der Waals surface area (Å²) in [6.45, 7) is 1.26. The molecule has 0 saturated carbocycles. The van der Waals surface area contributed by atoms with Crippen LogP contribution >= 0.6 is 0 Å². The van der Waals surface area contributed by atoms with E-state index in [9.17, 15) is 4.79 Å². The van der Waals surface area contributed by atoms with Crippen LogP contribution in [-0.2, 0) is 13.1 Å². The Morgan fingerprint density at radius 1 is 1.20 bits per heavy atom. The van der Waals surface area contributed by atoms with Crippen molar-refractivity contribution in [2.45, 2.75) is 13.1 Å². The van der Waals surface area contributed by atoms with Gasteiger partial charge in [-0.05, 0) is 34.4 Å². The molecule has 0 bridgehead atoms. The van der Waals surface area contributed by atoms with E-state index in [0.29, 0.717) is 18.7 Å². The van der Waals surface area contributed by atoms with E-state index in [2.05, 4.69) is 6.19 Å². The molecule has 0 fully saturated rings. The molecule has 2 N–H and O–H groups in total. The first-order chi connectivity index (χ1) is 9.69. The van der Waals surface area contributed by atoms with Crippen LogP contribution in [0.5, 0.6) is 0 Å². The number of carbonyl (C=O) groups excluding carboxylic acids is 1. The zero-order chi connectivity index (χ0) is 14.1. The Morgan fingerprint density at radius 2 is 2.00 bits per heavy atom. The predicted octanol–water partition coefficient (Wildman–Crippen LogP) is 2.25. The van der Waals surface area contributed by atoms with Gasteiger partial charge in [-0.3, -0.25) is 4.79 Å². The minimum absolute atomic E-state index is 0.432. The number of hydrogen-bond donors (Lipinski definition) is 1. The Balaban J connectivity index is 2.09. The summed E-state index contributed by atoms with van der Waals surface area (Å²) < 4.78 is 0. The molecule has 1 aliphatic heterocycles. The normalized spacial score (nSPS) is 12.8. The van der Waals surface area contributed by atoms with Crippen LogP contribution < -0.4 is 5.73 Å². The second-order valence-corrected chi connectivity index (χ2v) is 4.84. The molecule has 0 aliphatic carbocycles. The van der Waals surface area contributed by atoms with Gasteiger partial charge in [0.2, 0.25) is 5.91 Å². The number of carbonyl (C=O) groups is 1. The Kier molecular flexibility index (Phi) is 2.88. The van der Waals surface area contributed by atoms with Gasteiger partial charge < -0.3 is 10.6 Å². The molecule has 3 rings (SSSR count). The lowest BCUT2D eigenvalue weighted by atomic mass is 9.96. The van der Waals surface area contributed by atoms with Gasteiger partial charge in [-0.1, -0.05) is 30.3 Å². The Labute approximate surface area is 117 Å². The molecule has 0 saturated heterocycles. The largest absolute Gasteiger partial charge is 0.366 e. The molecule has 2 aromatic rings. The van der Waals surface area contributed by atoms with Crippen molar-refractivity contribution >= 4 is 5.91 Å². The lowest BCUT2D eigenvalue weighted by Crippen LogP contribution is -2.10. The minimum Gasteiger partial charge on any atom is -0.366 e. The summed E-state index contributed by atoms with van der Waals surface area (Å²) in [6, 6.07) is 13.3. The lowest BCUT2D eigenvalue weighted by Gasteiger charge is -2.09. The van der Waals surface area contributed by atoms with E-state index in [1.807, 2.05) is 30.3 Å². The molecule has 0 aromatic heterocycles.